The van der Waals surface area contributed by atoms with Crippen LogP contribution in [0.3, 0.4) is 0 Å². The van der Waals surface area contributed by atoms with Gasteiger partial charge in [0.25, 0.3) is 0 Å². The minimum Gasteiger partial charge on any atom is -0.340 e. The van der Waals surface area contributed by atoms with Gasteiger partial charge in [-0.15, -0.1) is 11.3 Å². The molecule has 0 aliphatic carbocycles. The van der Waals surface area contributed by atoms with Gasteiger partial charge in [-0.25, -0.2) is 4.98 Å². The molecule has 0 aliphatic heterocycles. The molecule has 124 valence electrons. The Labute approximate surface area is 155 Å². The van der Waals surface area contributed by atoms with Crippen molar-refractivity contribution in [2.24, 2.45) is 0 Å². The SMILES string of the molecule is Cc1cc(C)cc(Nc2nc(Cl)nc3sc(-c4ccccc4)cc23)c1. The maximum atomic E-state index is 6.15. The Balaban J connectivity index is 1.81. The van der Waals surface area contributed by atoms with Crippen LogP contribution in [0.2, 0.25) is 5.28 Å². The molecule has 4 rings (SSSR count). The second-order valence-electron chi connectivity index (χ2n) is 6.04. The van der Waals surface area contributed by atoms with Crippen molar-refractivity contribution in [3.63, 3.8) is 0 Å². The van der Waals surface area contributed by atoms with Gasteiger partial charge in [-0.2, -0.15) is 4.98 Å². The number of aromatic nitrogens is 2. The quantitative estimate of drug-likeness (QED) is 0.428. The van der Waals surface area contributed by atoms with Crippen molar-refractivity contribution in [2.75, 3.05) is 5.32 Å². The van der Waals surface area contributed by atoms with Gasteiger partial charge >= 0.3 is 0 Å². The predicted molar refractivity (Wildman–Crippen MR) is 107 cm³/mol. The largest absolute Gasteiger partial charge is 0.340 e. The fourth-order valence-corrected chi connectivity index (χ4v) is 4.17. The Hall–Kier alpha value is -2.43. The van der Waals surface area contributed by atoms with Crippen LogP contribution in [0.4, 0.5) is 11.5 Å². The average Bonchev–Trinajstić information content (AvgIpc) is 2.99. The van der Waals surface area contributed by atoms with Gasteiger partial charge in [0.2, 0.25) is 5.28 Å². The highest BCUT2D eigenvalue weighted by Gasteiger charge is 2.12. The van der Waals surface area contributed by atoms with Gasteiger partial charge in [0.15, 0.2) is 0 Å². The normalized spacial score (nSPS) is 11.0. The molecule has 0 radical (unpaired) electrons. The zero-order valence-corrected chi connectivity index (χ0v) is 15.4. The van der Waals surface area contributed by atoms with Crippen LogP contribution in [-0.2, 0) is 0 Å². The summed E-state index contributed by atoms with van der Waals surface area (Å²) in [6, 6.07) is 18.7. The lowest BCUT2D eigenvalue weighted by Crippen LogP contribution is -1.96. The molecule has 0 bridgehead atoms. The molecule has 4 aromatic rings. The minimum atomic E-state index is 0.251. The molecule has 0 atom stereocenters. The third-order valence-electron chi connectivity index (χ3n) is 3.91. The third-order valence-corrected chi connectivity index (χ3v) is 5.16. The molecular weight excluding hydrogens is 350 g/mol. The standard InChI is InChI=1S/C20H16ClN3S/c1-12-8-13(2)10-15(9-12)22-18-16-11-17(14-6-4-3-5-7-14)25-19(16)24-20(21)23-18/h3-11H,1-2H3,(H,22,23,24). The number of nitrogens with zero attached hydrogens (tertiary/aromatic N) is 2. The zero-order chi connectivity index (χ0) is 17.4. The third kappa shape index (κ3) is 3.36. The number of rotatable bonds is 3. The van der Waals surface area contributed by atoms with E-state index in [1.807, 2.05) is 18.2 Å². The molecule has 0 unspecified atom stereocenters. The molecule has 1 N–H and O–H groups in total. The van der Waals surface area contributed by atoms with Crippen molar-refractivity contribution in [1.82, 2.24) is 9.97 Å². The van der Waals surface area contributed by atoms with Crippen molar-refractivity contribution in [3.05, 3.63) is 71.0 Å². The fraction of sp³-hybridized carbons (Fsp3) is 0.100. The van der Waals surface area contributed by atoms with Gasteiger partial charge in [-0.1, -0.05) is 36.4 Å². The minimum absolute atomic E-state index is 0.251. The number of thiophene rings is 1. The second kappa shape index (κ2) is 6.47. The molecule has 0 saturated heterocycles. The number of hydrogen-bond donors (Lipinski definition) is 1. The van der Waals surface area contributed by atoms with Crippen LogP contribution in [0.5, 0.6) is 0 Å². The first-order valence-electron chi connectivity index (χ1n) is 7.96. The molecule has 25 heavy (non-hydrogen) atoms. The maximum absolute atomic E-state index is 6.15. The summed E-state index contributed by atoms with van der Waals surface area (Å²) in [5.74, 6) is 0.735. The summed E-state index contributed by atoms with van der Waals surface area (Å²) >= 11 is 7.77. The first-order valence-corrected chi connectivity index (χ1v) is 9.16. The van der Waals surface area contributed by atoms with E-state index in [2.05, 4.69) is 65.5 Å². The summed E-state index contributed by atoms with van der Waals surface area (Å²) in [6.07, 6.45) is 0. The second-order valence-corrected chi connectivity index (χ2v) is 7.41. The van der Waals surface area contributed by atoms with Gasteiger partial charge in [0.05, 0.1) is 5.39 Å². The van der Waals surface area contributed by atoms with Gasteiger partial charge in [0.1, 0.15) is 10.6 Å². The fourth-order valence-electron chi connectivity index (χ4n) is 2.92. The lowest BCUT2D eigenvalue weighted by atomic mass is 10.1. The molecule has 0 fully saturated rings. The van der Waals surface area contributed by atoms with E-state index in [0.717, 1.165) is 26.6 Å². The van der Waals surface area contributed by atoms with Crippen molar-refractivity contribution < 1.29 is 0 Å². The summed E-state index contributed by atoms with van der Waals surface area (Å²) in [5.41, 5.74) is 4.57. The molecule has 0 amide bonds. The Morgan fingerprint density at radius 1 is 0.920 bits per heavy atom. The molecule has 0 aliphatic rings. The molecule has 3 nitrogen and oxygen atoms in total. The molecule has 5 heteroatoms. The highest BCUT2D eigenvalue weighted by Crippen LogP contribution is 2.36. The topological polar surface area (TPSA) is 37.8 Å². The Kier molecular flexibility index (Phi) is 4.15. The predicted octanol–water partition coefficient (Wildman–Crippen LogP) is 6.37. The van der Waals surface area contributed by atoms with Gasteiger partial charge in [0, 0.05) is 10.6 Å². The van der Waals surface area contributed by atoms with E-state index in [1.54, 1.807) is 11.3 Å². The summed E-state index contributed by atoms with van der Waals surface area (Å²) in [5, 5.41) is 4.64. The Bertz CT molecular complexity index is 1040. The van der Waals surface area contributed by atoms with E-state index >= 15 is 0 Å². The number of fused-ring (bicyclic) bond motifs is 1. The summed E-state index contributed by atoms with van der Waals surface area (Å²) in [4.78, 5) is 10.8. The first-order chi connectivity index (χ1) is 12.1. The first kappa shape index (κ1) is 16.1. The average molecular weight is 366 g/mol. The van der Waals surface area contributed by atoms with Crippen molar-refractivity contribution in [1.29, 1.82) is 0 Å². The smallest absolute Gasteiger partial charge is 0.225 e. The van der Waals surface area contributed by atoms with E-state index in [1.165, 1.54) is 16.7 Å². The lowest BCUT2D eigenvalue weighted by Gasteiger charge is -2.09. The summed E-state index contributed by atoms with van der Waals surface area (Å²) in [7, 11) is 0. The van der Waals surface area contributed by atoms with E-state index in [9.17, 15) is 0 Å². The highest BCUT2D eigenvalue weighted by atomic mass is 35.5. The van der Waals surface area contributed by atoms with Crippen molar-refractivity contribution in [3.8, 4) is 10.4 Å². The molecule has 0 spiro atoms. The highest BCUT2D eigenvalue weighted by molar-refractivity contribution is 7.22. The number of anilines is 2. The van der Waals surface area contributed by atoms with Gasteiger partial charge < -0.3 is 5.32 Å². The molecule has 2 aromatic carbocycles. The monoisotopic (exact) mass is 365 g/mol. The number of aryl methyl sites for hydroxylation is 2. The van der Waals surface area contributed by atoms with Crippen molar-refractivity contribution >= 4 is 44.7 Å². The summed E-state index contributed by atoms with van der Waals surface area (Å²) < 4.78 is 0. The molecule has 2 heterocycles. The van der Waals surface area contributed by atoms with Gasteiger partial charge in [-0.05, 0) is 60.3 Å². The van der Waals surface area contributed by atoms with Crippen LogP contribution in [0.15, 0.2) is 54.6 Å². The number of hydrogen-bond acceptors (Lipinski definition) is 4. The van der Waals surface area contributed by atoms with Gasteiger partial charge in [-0.3, -0.25) is 0 Å². The van der Waals surface area contributed by atoms with E-state index in [4.69, 9.17) is 11.6 Å². The summed E-state index contributed by atoms with van der Waals surface area (Å²) in [6.45, 7) is 4.16. The van der Waals surface area contributed by atoms with Crippen LogP contribution in [0, 0.1) is 13.8 Å². The van der Waals surface area contributed by atoms with Crippen molar-refractivity contribution in [2.45, 2.75) is 13.8 Å². The van der Waals surface area contributed by atoms with Crippen LogP contribution in [-0.4, -0.2) is 9.97 Å². The molecule has 2 aromatic heterocycles. The van der Waals surface area contributed by atoms with E-state index in [0.29, 0.717) is 0 Å². The van der Waals surface area contributed by atoms with Crippen LogP contribution >= 0.6 is 22.9 Å². The molecular formula is C20H16ClN3S. The Morgan fingerprint density at radius 3 is 2.36 bits per heavy atom. The number of halogens is 1. The van der Waals surface area contributed by atoms with Crippen LogP contribution < -0.4 is 5.32 Å². The number of nitrogens with one attached hydrogen (secondary N) is 1. The lowest BCUT2D eigenvalue weighted by molar-refractivity contribution is 1.23. The van der Waals surface area contributed by atoms with Crippen LogP contribution in [0.25, 0.3) is 20.7 Å². The van der Waals surface area contributed by atoms with Crippen LogP contribution in [0.1, 0.15) is 11.1 Å². The maximum Gasteiger partial charge on any atom is 0.225 e. The van der Waals surface area contributed by atoms with E-state index < -0.39 is 0 Å². The van der Waals surface area contributed by atoms with E-state index in [-0.39, 0.29) is 5.28 Å². The number of benzene rings is 2. The Morgan fingerprint density at radius 2 is 1.64 bits per heavy atom. The zero-order valence-electron chi connectivity index (χ0n) is 13.9. The molecule has 0 saturated carbocycles.